The zero-order valence-corrected chi connectivity index (χ0v) is 12.6. The van der Waals surface area contributed by atoms with Crippen LogP contribution in [0.3, 0.4) is 0 Å². The van der Waals surface area contributed by atoms with Gasteiger partial charge in [0.1, 0.15) is 0 Å². The van der Waals surface area contributed by atoms with E-state index in [4.69, 9.17) is 4.74 Å². The fourth-order valence-corrected chi connectivity index (χ4v) is 3.14. The molecule has 108 valence electrons. The maximum atomic E-state index is 11.6. The standard InChI is InChI=1S/C16H16N2O2S/c1-2-20-15(19)9-14-11-21-16-17-13(10-18(14)16)8-12-6-4-3-5-7-12/h3-7,10-11H,2,8-9H2,1H3. The lowest BCUT2D eigenvalue weighted by Gasteiger charge is -2.00. The van der Waals surface area contributed by atoms with Crippen LogP contribution in [0.1, 0.15) is 23.9 Å². The van der Waals surface area contributed by atoms with Gasteiger partial charge in [0.2, 0.25) is 0 Å². The van der Waals surface area contributed by atoms with Crippen LogP contribution in [0.5, 0.6) is 0 Å². The molecule has 0 saturated carbocycles. The van der Waals surface area contributed by atoms with Gasteiger partial charge in [0.15, 0.2) is 4.96 Å². The fraction of sp³-hybridized carbons (Fsp3) is 0.250. The van der Waals surface area contributed by atoms with Gasteiger partial charge in [-0.3, -0.25) is 9.20 Å². The number of carbonyl (C=O) groups is 1. The molecule has 3 rings (SSSR count). The molecule has 4 nitrogen and oxygen atoms in total. The lowest BCUT2D eigenvalue weighted by atomic mass is 10.1. The topological polar surface area (TPSA) is 43.6 Å². The molecule has 0 aliphatic carbocycles. The van der Waals surface area contributed by atoms with E-state index in [1.165, 1.54) is 5.56 Å². The Kier molecular flexibility index (Phi) is 4.01. The third kappa shape index (κ3) is 3.13. The van der Waals surface area contributed by atoms with Crippen molar-refractivity contribution >= 4 is 22.3 Å². The van der Waals surface area contributed by atoms with Gasteiger partial charge in [-0.25, -0.2) is 4.98 Å². The second-order valence-electron chi connectivity index (χ2n) is 4.76. The van der Waals surface area contributed by atoms with Crippen LogP contribution in [0.2, 0.25) is 0 Å². The van der Waals surface area contributed by atoms with Gasteiger partial charge in [0.05, 0.1) is 18.7 Å². The number of rotatable bonds is 5. The summed E-state index contributed by atoms with van der Waals surface area (Å²) >= 11 is 1.55. The molecule has 2 heterocycles. The molecule has 0 N–H and O–H groups in total. The van der Waals surface area contributed by atoms with Gasteiger partial charge in [-0.2, -0.15) is 0 Å². The highest BCUT2D eigenvalue weighted by Crippen LogP contribution is 2.19. The molecule has 21 heavy (non-hydrogen) atoms. The SMILES string of the molecule is CCOC(=O)Cc1csc2nc(Cc3ccccc3)cn12. The number of carbonyl (C=O) groups excluding carboxylic acids is 1. The number of benzene rings is 1. The van der Waals surface area contributed by atoms with Crippen LogP contribution in [0.15, 0.2) is 41.9 Å². The molecule has 1 aromatic carbocycles. The summed E-state index contributed by atoms with van der Waals surface area (Å²) in [5.74, 6) is -0.199. The molecular formula is C16H16N2O2S. The number of thiazole rings is 1. The minimum absolute atomic E-state index is 0.199. The summed E-state index contributed by atoms with van der Waals surface area (Å²) in [6, 6.07) is 10.2. The highest BCUT2D eigenvalue weighted by molar-refractivity contribution is 7.15. The van der Waals surface area contributed by atoms with Crippen molar-refractivity contribution in [1.29, 1.82) is 0 Å². The smallest absolute Gasteiger partial charge is 0.311 e. The van der Waals surface area contributed by atoms with Crippen molar-refractivity contribution in [3.63, 3.8) is 0 Å². The maximum Gasteiger partial charge on any atom is 0.311 e. The number of aromatic nitrogens is 2. The molecule has 0 amide bonds. The summed E-state index contributed by atoms with van der Waals surface area (Å²) in [5.41, 5.74) is 3.17. The van der Waals surface area contributed by atoms with Crippen molar-refractivity contribution in [2.45, 2.75) is 19.8 Å². The van der Waals surface area contributed by atoms with Crippen LogP contribution < -0.4 is 0 Å². The predicted octanol–water partition coefficient (Wildman–Crippen LogP) is 3.09. The van der Waals surface area contributed by atoms with E-state index in [9.17, 15) is 4.79 Å². The Morgan fingerprint density at radius 2 is 2.14 bits per heavy atom. The first-order chi connectivity index (χ1) is 10.3. The number of nitrogens with zero attached hydrogens (tertiary/aromatic N) is 2. The molecule has 2 aromatic heterocycles. The monoisotopic (exact) mass is 300 g/mol. The second kappa shape index (κ2) is 6.10. The highest BCUT2D eigenvalue weighted by atomic mass is 32.1. The van der Waals surface area contributed by atoms with Gasteiger partial charge in [-0.15, -0.1) is 11.3 Å². The van der Waals surface area contributed by atoms with Crippen LogP contribution in [-0.4, -0.2) is 22.0 Å². The molecule has 0 aliphatic rings. The van der Waals surface area contributed by atoms with E-state index >= 15 is 0 Å². The van der Waals surface area contributed by atoms with Gasteiger partial charge in [-0.05, 0) is 12.5 Å². The normalized spacial score (nSPS) is 10.9. The summed E-state index contributed by atoms with van der Waals surface area (Å²) in [7, 11) is 0. The zero-order valence-electron chi connectivity index (χ0n) is 11.8. The number of ether oxygens (including phenoxy) is 1. The van der Waals surface area contributed by atoms with E-state index < -0.39 is 0 Å². The minimum Gasteiger partial charge on any atom is -0.466 e. The van der Waals surface area contributed by atoms with Gasteiger partial charge < -0.3 is 4.74 Å². The molecular weight excluding hydrogens is 284 g/mol. The lowest BCUT2D eigenvalue weighted by molar-refractivity contribution is -0.142. The largest absolute Gasteiger partial charge is 0.466 e. The molecule has 0 unspecified atom stereocenters. The Bertz CT molecular complexity index is 746. The Balaban J connectivity index is 1.81. The van der Waals surface area contributed by atoms with Gasteiger partial charge in [-0.1, -0.05) is 30.3 Å². The maximum absolute atomic E-state index is 11.6. The molecule has 0 saturated heterocycles. The average Bonchev–Trinajstić information content (AvgIpc) is 3.02. The van der Waals surface area contributed by atoms with E-state index in [1.807, 2.05) is 41.1 Å². The third-order valence-corrected chi connectivity index (χ3v) is 4.08. The first-order valence-electron chi connectivity index (χ1n) is 6.90. The van der Waals surface area contributed by atoms with Crippen LogP contribution in [0, 0.1) is 0 Å². The first-order valence-corrected chi connectivity index (χ1v) is 7.78. The first kappa shape index (κ1) is 13.8. The molecule has 0 fully saturated rings. The molecule has 0 spiro atoms. The molecule has 3 aromatic rings. The van der Waals surface area contributed by atoms with E-state index in [2.05, 4.69) is 17.1 Å². The van der Waals surface area contributed by atoms with Crippen LogP contribution in [0.4, 0.5) is 0 Å². The number of imidazole rings is 1. The summed E-state index contributed by atoms with van der Waals surface area (Å²) in [5, 5.41) is 1.96. The van der Waals surface area contributed by atoms with Gasteiger partial charge in [0, 0.05) is 23.7 Å². The number of esters is 1. The predicted molar refractivity (Wildman–Crippen MR) is 82.7 cm³/mol. The lowest BCUT2D eigenvalue weighted by Crippen LogP contribution is -2.08. The Labute approximate surface area is 127 Å². The van der Waals surface area contributed by atoms with Crippen LogP contribution >= 0.6 is 11.3 Å². The van der Waals surface area contributed by atoms with Gasteiger partial charge in [0.25, 0.3) is 0 Å². The van der Waals surface area contributed by atoms with Crippen molar-refractivity contribution in [2.75, 3.05) is 6.61 Å². The minimum atomic E-state index is -0.199. The number of hydrogen-bond acceptors (Lipinski definition) is 4. The quantitative estimate of drug-likeness (QED) is 0.680. The molecule has 0 radical (unpaired) electrons. The Morgan fingerprint density at radius 1 is 1.33 bits per heavy atom. The van der Waals surface area contributed by atoms with E-state index in [0.29, 0.717) is 6.61 Å². The van der Waals surface area contributed by atoms with E-state index in [0.717, 1.165) is 22.8 Å². The molecule has 0 bridgehead atoms. The fourth-order valence-electron chi connectivity index (χ4n) is 2.25. The van der Waals surface area contributed by atoms with Crippen molar-refractivity contribution < 1.29 is 9.53 Å². The Morgan fingerprint density at radius 3 is 2.90 bits per heavy atom. The molecule has 5 heteroatoms. The van der Waals surface area contributed by atoms with Crippen LogP contribution in [0.25, 0.3) is 4.96 Å². The highest BCUT2D eigenvalue weighted by Gasteiger charge is 2.12. The Hall–Kier alpha value is -2.14. The van der Waals surface area contributed by atoms with Crippen molar-refractivity contribution in [3.05, 3.63) is 58.9 Å². The van der Waals surface area contributed by atoms with E-state index in [-0.39, 0.29) is 12.4 Å². The van der Waals surface area contributed by atoms with Crippen molar-refractivity contribution in [3.8, 4) is 0 Å². The second-order valence-corrected chi connectivity index (χ2v) is 5.59. The molecule has 0 atom stereocenters. The average molecular weight is 300 g/mol. The summed E-state index contributed by atoms with van der Waals surface area (Å²) in [6.07, 6.45) is 3.09. The zero-order chi connectivity index (χ0) is 14.7. The third-order valence-electron chi connectivity index (χ3n) is 3.19. The van der Waals surface area contributed by atoms with Crippen molar-refractivity contribution in [2.24, 2.45) is 0 Å². The molecule has 0 aliphatic heterocycles. The summed E-state index contributed by atoms with van der Waals surface area (Å²) in [4.78, 5) is 17.1. The van der Waals surface area contributed by atoms with Crippen molar-refractivity contribution in [1.82, 2.24) is 9.38 Å². The number of hydrogen-bond donors (Lipinski definition) is 0. The summed E-state index contributed by atoms with van der Waals surface area (Å²) in [6.45, 7) is 2.23. The van der Waals surface area contributed by atoms with Crippen LogP contribution in [-0.2, 0) is 22.4 Å². The van der Waals surface area contributed by atoms with Gasteiger partial charge >= 0.3 is 5.97 Å². The summed E-state index contributed by atoms with van der Waals surface area (Å²) < 4.78 is 6.98. The van der Waals surface area contributed by atoms with E-state index in [1.54, 1.807) is 11.3 Å². The number of fused-ring (bicyclic) bond motifs is 1.